The summed E-state index contributed by atoms with van der Waals surface area (Å²) < 4.78 is 11.5. The standard InChI is InChI=1S/C16H20N2O2S/c1-4-14-17-15(11(2)16(21)18-14)12-7-5-6-8-13(12)20-10-9-19-3/h5-8H,4,9-10H2,1-3H3,(H,17,18,21). The zero-order chi connectivity index (χ0) is 15.2. The van der Waals surface area contributed by atoms with Crippen LogP contribution in [0.4, 0.5) is 0 Å². The molecule has 112 valence electrons. The zero-order valence-electron chi connectivity index (χ0n) is 12.6. The van der Waals surface area contributed by atoms with E-state index in [-0.39, 0.29) is 0 Å². The van der Waals surface area contributed by atoms with Crippen LogP contribution in [0.5, 0.6) is 5.75 Å². The second kappa shape index (κ2) is 7.33. The molecule has 1 aromatic heterocycles. The molecule has 4 nitrogen and oxygen atoms in total. The number of benzene rings is 1. The average Bonchev–Trinajstić information content (AvgIpc) is 2.51. The van der Waals surface area contributed by atoms with Crippen molar-refractivity contribution in [2.75, 3.05) is 20.3 Å². The van der Waals surface area contributed by atoms with Gasteiger partial charge in [0.05, 0.1) is 12.3 Å². The number of rotatable bonds is 6. The van der Waals surface area contributed by atoms with Crippen LogP contribution in [0.2, 0.25) is 0 Å². The monoisotopic (exact) mass is 304 g/mol. The molecule has 0 aliphatic heterocycles. The van der Waals surface area contributed by atoms with Crippen LogP contribution in [0, 0.1) is 11.6 Å². The highest BCUT2D eigenvalue weighted by molar-refractivity contribution is 7.71. The molecule has 0 radical (unpaired) electrons. The van der Waals surface area contributed by atoms with E-state index < -0.39 is 0 Å². The lowest BCUT2D eigenvalue weighted by Gasteiger charge is -2.14. The third kappa shape index (κ3) is 3.68. The Balaban J connectivity index is 2.46. The van der Waals surface area contributed by atoms with Crippen molar-refractivity contribution in [3.8, 4) is 17.0 Å². The number of ether oxygens (including phenoxy) is 2. The minimum atomic E-state index is 0.513. The zero-order valence-corrected chi connectivity index (χ0v) is 13.4. The molecule has 0 saturated carbocycles. The summed E-state index contributed by atoms with van der Waals surface area (Å²) in [6, 6.07) is 7.92. The quantitative estimate of drug-likeness (QED) is 0.653. The van der Waals surface area contributed by atoms with Crippen molar-refractivity contribution in [3.63, 3.8) is 0 Å². The smallest absolute Gasteiger partial charge is 0.133 e. The van der Waals surface area contributed by atoms with E-state index in [1.165, 1.54) is 0 Å². The molecule has 0 spiro atoms. The molecule has 0 bridgehead atoms. The van der Waals surface area contributed by atoms with Crippen molar-refractivity contribution in [1.29, 1.82) is 0 Å². The van der Waals surface area contributed by atoms with Crippen LogP contribution in [0.15, 0.2) is 24.3 Å². The fourth-order valence-corrected chi connectivity index (χ4v) is 2.26. The predicted octanol–water partition coefficient (Wildman–Crippen LogP) is 3.70. The van der Waals surface area contributed by atoms with Crippen LogP contribution in [0.25, 0.3) is 11.3 Å². The van der Waals surface area contributed by atoms with Crippen molar-refractivity contribution in [1.82, 2.24) is 9.97 Å². The van der Waals surface area contributed by atoms with Crippen molar-refractivity contribution in [2.45, 2.75) is 20.3 Å². The molecular weight excluding hydrogens is 284 g/mol. The maximum Gasteiger partial charge on any atom is 0.133 e. The van der Waals surface area contributed by atoms with Gasteiger partial charge in [-0.05, 0) is 19.1 Å². The highest BCUT2D eigenvalue weighted by Gasteiger charge is 2.11. The number of nitrogens with one attached hydrogen (secondary N) is 1. The van der Waals surface area contributed by atoms with E-state index in [1.807, 2.05) is 38.1 Å². The van der Waals surface area contributed by atoms with Gasteiger partial charge in [0.2, 0.25) is 0 Å². The topological polar surface area (TPSA) is 47.1 Å². The van der Waals surface area contributed by atoms with E-state index in [9.17, 15) is 0 Å². The second-order valence-electron chi connectivity index (χ2n) is 4.68. The molecule has 2 rings (SSSR count). The Labute approximate surface area is 130 Å². The Hall–Kier alpha value is -1.72. The number of aromatic nitrogens is 2. The summed E-state index contributed by atoms with van der Waals surface area (Å²) in [4.78, 5) is 7.74. The van der Waals surface area contributed by atoms with Gasteiger partial charge in [-0.15, -0.1) is 0 Å². The van der Waals surface area contributed by atoms with E-state index in [0.29, 0.717) is 17.9 Å². The first kappa shape index (κ1) is 15.7. The first-order valence-corrected chi connectivity index (χ1v) is 7.39. The molecule has 1 heterocycles. The largest absolute Gasteiger partial charge is 0.490 e. The first-order valence-electron chi connectivity index (χ1n) is 6.98. The summed E-state index contributed by atoms with van der Waals surface area (Å²) in [5, 5.41) is 0. The van der Waals surface area contributed by atoms with Crippen molar-refractivity contribution >= 4 is 12.2 Å². The van der Waals surface area contributed by atoms with Crippen molar-refractivity contribution < 1.29 is 9.47 Å². The van der Waals surface area contributed by atoms with Gasteiger partial charge < -0.3 is 14.5 Å². The average molecular weight is 304 g/mol. The molecule has 21 heavy (non-hydrogen) atoms. The molecule has 0 saturated heterocycles. The van der Waals surface area contributed by atoms with Crippen LogP contribution in [0.3, 0.4) is 0 Å². The van der Waals surface area contributed by atoms with Gasteiger partial charge in [0, 0.05) is 24.7 Å². The maximum atomic E-state index is 5.80. The van der Waals surface area contributed by atoms with E-state index in [1.54, 1.807) is 7.11 Å². The van der Waals surface area contributed by atoms with E-state index in [4.69, 9.17) is 21.7 Å². The van der Waals surface area contributed by atoms with Gasteiger partial charge in [0.25, 0.3) is 0 Å². The normalized spacial score (nSPS) is 10.6. The summed E-state index contributed by atoms with van der Waals surface area (Å²) in [6.45, 7) is 5.10. The summed E-state index contributed by atoms with van der Waals surface area (Å²) in [7, 11) is 1.66. The van der Waals surface area contributed by atoms with Crippen molar-refractivity contribution in [2.24, 2.45) is 0 Å². The molecule has 0 fully saturated rings. The summed E-state index contributed by atoms with van der Waals surface area (Å²) in [5.41, 5.74) is 2.93. The SMILES string of the molecule is CCc1nc(=S)c(C)c(-c2ccccc2OCCOC)[nH]1. The molecule has 0 aliphatic rings. The van der Waals surface area contributed by atoms with Gasteiger partial charge in [-0.25, -0.2) is 4.98 Å². The number of para-hydroxylation sites is 1. The maximum absolute atomic E-state index is 5.80. The van der Waals surface area contributed by atoms with E-state index in [0.717, 1.165) is 34.8 Å². The van der Waals surface area contributed by atoms with Crippen LogP contribution in [-0.4, -0.2) is 30.3 Å². The third-order valence-corrected chi connectivity index (χ3v) is 3.64. The number of nitrogens with zero attached hydrogens (tertiary/aromatic N) is 1. The summed E-state index contributed by atoms with van der Waals surface area (Å²) >= 11 is 5.35. The lowest BCUT2D eigenvalue weighted by atomic mass is 10.1. The fourth-order valence-electron chi connectivity index (χ4n) is 2.05. The molecule has 0 atom stereocenters. The van der Waals surface area contributed by atoms with Crippen LogP contribution in [-0.2, 0) is 11.2 Å². The minimum absolute atomic E-state index is 0.513. The summed E-state index contributed by atoms with van der Waals surface area (Å²) in [6.07, 6.45) is 0.809. The van der Waals surface area contributed by atoms with Crippen LogP contribution >= 0.6 is 12.2 Å². The fraction of sp³-hybridized carbons (Fsp3) is 0.375. The van der Waals surface area contributed by atoms with Crippen LogP contribution in [0.1, 0.15) is 18.3 Å². The Morgan fingerprint density at radius 2 is 2.00 bits per heavy atom. The molecule has 0 amide bonds. The summed E-state index contributed by atoms with van der Waals surface area (Å²) in [5.74, 6) is 1.70. The molecule has 1 N–H and O–H groups in total. The lowest BCUT2D eigenvalue weighted by molar-refractivity contribution is 0.146. The van der Waals surface area contributed by atoms with Gasteiger partial charge in [-0.3, -0.25) is 0 Å². The number of aromatic amines is 1. The highest BCUT2D eigenvalue weighted by Crippen LogP contribution is 2.30. The van der Waals surface area contributed by atoms with E-state index in [2.05, 4.69) is 9.97 Å². The van der Waals surface area contributed by atoms with Crippen molar-refractivity contribution in [3.05, 3.63) is 40.3 Å². The predicted molar refractivity (Wildman–Crippen MR) is 86.3 cm³/mol. The van der Waals surface area contributed by atoms with Gasteiger partial charge in [-0.1, -0.05) is 31.3 Å². The number of aryl methyl sites for hydroxylation is 1. The third-order valence-electron chi connectivity index (χ3n) is 3.24. The Bertz CT molecular complexity index is 668. The molecule has 0 unspecified atom stereocenters. The second-order valence-corrected chi connectivity index (χ2v) is 5.07. The molecule has 0 aliphatic carbocycles. The number of hydrogen-bond donors (Lipinski definition) is 1. The van der Waals surface area contributed by atoms with Crippen LogP contribution < -0.4 is 4.74 Å². The number of hydrogen-bond acceptors (Lipinski definition) is 4. The number of methoxy groups -OCH3 is 1. The molecule has 2 aromatic rings. The van der Waals surface area contributed by atoms with Gasteiger partial charge in [0.1, 0.15) is 22.8 Å². The van der Waals surface area contributed by atoms with E-state index >= 15 is 0 Å². The Morgan fingerprint density at radius 1 is 1.24 bits per heavy atom. The van der Waals surface area contributed by atoms with Gasteiger partial charge >= 0.3 is 0 Å². The minimum Gasteiger partial charge on any atom is -0.490 e. The molecular formula is C16H20N2O2S. The Kier molecular flexibility index (Phi) is 5.47. The molecule has 1 aromatic carbocycles. The lowest BCUT2D eigenvalue weighted by Crippen LogP contribution is -2.06. The Morgan fingerprint density at radius 3 is 2.71 bits per heavy atom. The first-order chi connectivity index (χ1) is 10.2. The number of H-pyrrole nitrogens is 1. The molecule has 5 heteroatoms. The van der Waals surface area contributed by atoms with Gasteiger partial charge in [-0.2, -0.15) is 0 Å². The van der Waals surface area contributed by atoms with Gasteiger partial charge in [0.15, 0.2) is 0 Å². The highest BCUT2D eigenvalue weighted by atomic mass is 32.1.